The van der Waals surface area contributed by atoms with Crippen LogP contribution in [0, 0.1) is 22.7 Å². The van der Waals surface area contributed by atoms with E-state index in [4.69, 9.17) is 31.1 Å². The standard InChI is InChI=1S/C27H37N9O/c1-17(29)10-25(30)33-26-23-7-6-22(37-16-18-14-35(2)15-18)13-24(23)32-27(34-26)31-19-11-20-4-5-21(12-19)36(20)9-3-8-28/h6-7,10,13,18-21H,3-5,9,11-12,14-16,29H2,1-2H3,(H3,30,31,32,33,34)/b17-10-/t19-,20-,21+. The zero-order chi connectivity index (χ0) is 25.9. The zero-order valence-corrected chi connectivity index (χ0v) is 21.7. The Morgan fingerprint density at radius 3 is 2.70 bits per heavy atom. The van der Waals surface area contributed by atoms with Crippen molar-refractivity contribution in [3.05, 3.63) is 30.0 Å². The second-order valence-electron chi connectivity index (χ2n) is 10.7. The number of ether oxygens (including phenoxy) is 1. The summed E-state index contributed by atoms with van der Waals surface area (Å²) in [5.74, 6) is 2.63. The van der Waals surface area contributed by atoms with E-state index in [9.17, 15) is 0 Å². The van der Waals surface area contributed by atoms with Gasteiger partial charge < -0.3 is 26.0 Å². The van der Waals surface area contributed by atoms with Crippen LogP contribution >= 0.6 is 0 Å². The molecule has 3 aliphatic rings. The van der Waals surface area contributed by atoms with Gasteiger partial charge in [0.2, 0.25) is 5.95 Å². The van der Waals surface area contributed by atoms with Crippen LogP contribution in [0.1, 0.15) is 39.0 Å². The molecule has 4 heterocycles. The van der Waals surface area contributed by atoms with Crippen molar-refractivity contribution in [1.29, 1.82) is 10.7 Å². The minimum absolute atomic E-state index is 0.171. The van der Waals surface area contributed by atoms with Gasteiger partial charge in [0.1, 0.15) is 17.4 Å². The molecule has 5 rings (SSSR count). The molecular weight excluding hydrogens is 466 g/mol. The molecule has 3 fully saturated rings. The van der Waals surface area contributed by atoms with Crippen molar-refractivity contribution in [2.24, 2.45) is 11.7 Å². The first-order valence-electron chi connectivity index (χ1n) is 13.2. The fourth-order valence-electron chi connectivity index (χ4n) is 6.02. The summed E-state index contributed by atoms with van der Waals surface area (Å²) in [4.78, 5) is 14.4. The number of benzene rings is 1. The van der Waals surface area contributed by atoms with Crippen LogP contribution in [0.2, 0.25) is 0 Å². The molecule has 0 aliphatic carbocycles. The monoisotopic (exact) mass is 503 g/mol. The highest BCUT2D eigenvalue weighted by Gasteiger charge is 2.40. The SMILES string of the molecule is C/C(N)=C/C(=N)Nc1nc(N[C@@H]2C[C@H]3CC[C@@H](C2)N3CCC#N)nc2cc(OCC3CN(C)C3)ccc12. The molecule has 1 aromatic carbocycles. The number of fused-ring (bicyclic) bond motifs is 3. The van der Waals surface area contributed by atoms with Gasteiger partial charge in [0.25, 0.3) is 0 Å². The van der Waals surface area contributed by atoms with Gasteiger partial charge in [-0.3, -0.25) is 10.3 Å². The summed E-state index contributed by atoms with van der Waals surface area (Å²) in [6.07, 6.45) is 6.53. The number of nitrogens with one attached hydrogen (secondary N) is 3. The van der Waals surface area contributed by atoms with Crippen LogP contribution in [0.4, 0.5) is 11.8 Å². The number of allylic oxidation sites excluding steroid dienone is 1. The molecule has 1 aromatic heterocycles. The molecule has 10 heteroatoms. The molecule has 0 saturated carbocycles. The van der Waals surface area contributed by atoms with Crippen molar-refractivity contribution >= 4 is 28.5 Å². The highest BCUT2D eigenvalue weighted by Crippen LogP contribution is 2.37. The number of nitriles is 1. The third-order valence-corrected chi connectivity index (χ3v) is 7.62. The normalized spacial score (nSPS) is 24.5. The highest BCUT2D eigenvalue weighted by atomic mass is 16.5. The van der Waals surface area contributed by atoms with Crippen molar-refractivity contribution in [2.45, 2.75) is 57.2 Å². The Balaban J connectivity index is 1.36. The van der Waals surface area contributed by atoms with Crippen molar-refractivity contribution in [1.82, 2.24) is 19.8 Å². The average molecular weight is 504 g/mol. The molecule has 3 aliphatic heterocycles. The minimum Gasteiger partial charge on any atom is -0.493 e. The summed E-state index contributed by atoms with van der Waals surface area (Å²) < 4.78 is 6.09. The molecule has 0 spiro atoms. The quantitative estimate of drug-likeness (QED) is 0.300. The molecule has 10 nitrogen and oxygen atoms in total. The van der Waals surface area contributed by atoms with E-state index in [-0.39, 0.29) is 11.9 Å². The summed E-state index contributed by atoms with van der Waals surface area (Å²) in [6.45, 7) is 5.42. The maximum atomic E-state index is 9.02. The Kier molecular flexibility index (Phi) is 7.44. The molecular formula is C27H37N9O. The number of hydrogen-bond donors (Lipinski definition) is 4. The summed E-state index contributed by atoms with van der Waals surface area (Å²) >= 11 is 0. The molecule has 0 radical (unpaired) electrons. The molecule has 5 N–H and O–H groups in total. The lowest BCUT2D eigenvalue weighted by Crippen LogP contribution is -2.47. The molecule has 2 aromatic rings. The minimum atomic E-state index is 0.171. The van der Waals surface area contributed by atoms with E-state index in [0.717, 1.165) is 49.1 Å². The Bertz CT molecular complexity index is 1200. The maximum Gasteiger partial charge on any atom is 0.225 e. The third kappa shape index (κ3) is 5.95. The molecule has 3 atom stereocenters. The molecule has 196 valence electrons. The number of piperidine rings is 1. The van der Waals surface area contributed by atoms with E-state index in [1.165, 1.54) is 12.8 Å². The van der Waals surface area contributed by atoms with Gasteiger partial charge >= 0.3 is 0 Å². The number of rotatable bonds is 9. The van der Waals surface area contributed by atoms with E-state index < -0.39 is 0 Å². The summed E-state index contributed by atoms with van der Waals surface area (Å²) in [7, 11) is 2.12. The van der Waals surface area contributed by atoms with E-state index in [0.29, 0.717) is 48.5 Å². The zero-order valence-electron chi connectivity index (χ0n) is 21.7. The highest BCUT2D eigenvalue weighted by molar-refractivity contribution is 6.06. The molecule has 0 unspecified atom stereocenters. The summed E-state index contributed by atoms with van der Waals surface area (Å²) in [5.41, 5.74) is 7.09. The fraction of sp³-hybridized carbons (Fsp3) is 0.556. The van der Waals surface area contributed by atoms with Crippen LogP contribution in [0.25, 0.3) is 10.9 Å². The van der Waals surface area contributed by atoms with E-state index in [1.54, 1.807) is 13.0 Å². The Labute approximate surface area is 218 Å². The van der Waals surface area contributed by atoms with Gasteiger partial charge in [-0.1, -0.05) is 0 Å². The number of nitrogens with zero attached hydrogens (tertiary/aromatic N) is 5. The maximum absolute atomic E-state index is 9.02. The van der Waals surface area contributed by atoms with E-state index in [1.807, 2.05) is 18.2 Å². The van der Waals surface area contributed by atoms with Crippen molar-refractivity contribution in [3.8, 4) is 11.8 Å². The summed E-state index contributed by atoms with van der Waals surface area (Å²) in [5, 5.41) is 24.8. The first-order chi connectivity index (χ1) is 17.9. The number of aromatic nitrogens is 2. The molecule has 2 bridgehead atoms. The lowest BCUT2D eigenvalue weighted by Gasteiger charge is -2.38. The number of anilines is 2. The largest absolute Gasteiger partial charge is 0.493 e. The van der Waals surface area contributed by atoms with Crippen LogP contribution in [0.3, 0.4) is 0 Å². The Hall–Kier alpha value is -3.42. The Morgan fingerprint density at radius 1 is 1.27 bits per heavy atom. The molecule has 37 heavy (non-hydrogen) atoms. The van der Waals surface area contributed by atoms with Gasteiger partial charge in [0.15, 0.2) is 0 Å². The first kappa shape index (κ1) is 25.2. The van der Waals surface area contributed by atoms with Crippen molar-refractivity contribution in [3.63, 3.8) is 0 Å². The predicted molar refractivity (Wildman–Crippen MR) is 146 cm³/mol. The second-order valence-corrected chi connectivity index (χ2v) is 10.7. The number of nitrogens with two attached hydrogens (primary N) is 1. The number of amidine groups is 1. The molecule has 0 amide bonds. The third-order valence-electron chi connectivity index (χ3n) is 7.62. The topological polar surface area (TPSA) is 139 Å². The van der Waals surface area contributed by atoms with Gasteiger partial charge in [-0.25, -0.2) is 4.98 Å². The second kappa shape index (κ2) is 10.9. The Morgan fingerprint density at radius 2 is 2.03 bits per heavy atom. The molecule has 3 saturated heterocycles. The van der Waals surface area contributed by atoms with E-state index >= 15 is 0 Å². The van der Waals surface area contributed by atoms with Crippen molar-refractivity contribution < 1.29 is 4.74 Å². The average Bonchev–Trinajstić information content (AvgIpc) is 3.06. The van der Waals surface area contributed by atoms with Crippen LogP contribution in [0.5, 0.6) is 5.75 Å². The number of hydrogen-bond acceptors (Lipinski definition) is 9. The lowest BCUT2D eigenvalue weighted by atomic mass is 9.97. The van der Waals surface area contributed by atoms with Gasteiger partial charge in [-0.05, 0) is 57.9 Å². The first-order valence-corrected chi connectivity index (χ1v) is 13.2. The van der Waals surface area contributed by atoms with Gasteiger partial charge in [-0.15, -0.1) is 0 Å². The van der Waals surface area contributed by atoms with Gasteiger partial charge in [-0.2, -0.15) is 10.2 Å². The summed E-state index contributed by atoms with van der Waals surface area (Å²) in [6, 6.07) is 9.39. The van der Waals surface area contributed by atoms with Crippen LogP contribution < -0.4 is 21.1 Å². The van der Waals surface area contributed by atoms with Crippen molar-refractivity contribution in [2.75, 3.05) is 43.9 Å². The van der Waals surface area contributed by atoms with Gasteiger partial charge in [0, 0.05) is 67.2 Å². The lowest BCUT2D eigenvalue weighted by molar-refractivity contribution is 0.0858. The van der Waals surface area contributed by atoms with Gasteiger partial charge in [0.05, 0.1) is 18.2 Å². The van der Waals surface area contributed by atoms with Crippen LogP contribution in [-0.4, -0.2) is 77.0 Å². The van der Waals surface area contributed by atoms with E-state index in [2.05, 4.69) is 33.6 Å². The smallest absolute Gasteiger partial charge is 0.225 e. The number of likely N-dealkylation sites (tertiary alicyclic amines) is 1. The predicted octanol–water partition coefficient (Wildman–Crippen LogP) is 3.14. The van der Waals surface area contributed by atoms with Crippen LogP contribution in [0.15, 0.2) is 30.0 Å². The fourth-order valence-corrected chi connectivity index (χ4v) is 6.02. The van der Waals surface area contributed by atoms with Crippen LogP contribution in [-0.2, 0) is 0 Å².